The lowest BCUT2D eigenvalue weighted by Crippen LogP contribution is -2.41. The molecule has 0 heterocycles. The van der Waals surface area contributed by atoms with E-state index in [-0.39, 0.29) is 11.6 Å². The minimum absolute atomic E-state index is 0.0721. The van der Waals surface area contributed by atoms with Crippen LogP contribution < -0.4 is 5.73 Å². The van der Waals surface area contributed by atoms with Gasteiger partial charge < -0.3 is 10.6 Å². The molecule has 2 N–H and O–H groups in total. The van der Waals surface area contributed by atoms with Crippen molar-refractivity contribution >= 4 is 11.6 Å². The predicted octanol–water partition coefficient (Wildman–Crippen LogP) is 2.03. The molecular weight excluding hydrogens is 207 g/mol. The van der Waals surface area contributed by atoms with Gasteiger partial charge in [-0.3, -0.25) is 4.79 Å². The number of anilines is 1. The number of rotatable bonds is 2. The second-order valence-electron chi connectivity index (χ2n) is 4.24. The molecular formula is C12H15FN2O. The highest BCUT2D eigenvalue weighted by Crippen LogP contribution is 2.25. The summed E-state index contributed by atoms with van der Waals surface area (Å²) >= 11 is 0. The van der Waals surface area contributed by atoms with Crippen LogP contribution >= 0.6 is 0 Å². The molecule has 0 aliphatic heterocycles. The SMILES string of the molecule is CN(C(=O)c1ccc(N)c(F)c1)C1CCC1. The fourth-order valence-corrected chi connectivity index (χ4v) is 1.80. The van der Waals surface area contributed by atoms with E-state index in [1.54, 1.807) is 18.0 Å². The Morgan fingerprint density at radius 1 is 1.50 bits per heavy atom. The van der Waals surface area contributed by atoms with Gasteiger partial charge in [0.15, 0.2) is 0 Å². The van der Waals surface area contributed by atoms with Crippen LogP contribution in [0.3, 0.4) is 0 Å². The first kappa shape index (κ1) is 10.9. The molecule has 2 rings (SSSR count). The van der Waals surface area contributed by atoms with Crippen LogP contribution in [0.15, 0.2) is 18.2 Å². The van der Waals surface area contributed by atoms with Crippen molar-refractivity contribution in [3.63, 3.8) is 0 Å². The van der Waals surface area contributed by atoms with Crippen LogP contribution in [-0.2, 0) is 0 Å². The molecule has 1 aromatic carbocycles. The van der Waals surface area contributed by atoms with Gasteiger partial charge in [-0.25, -0.2) is 4.39 Å². The first-order valence-electron chi connectivity index (χ1n) is 5.42. The summed E-state index contributed by atoms with van der Waals surface area (Å²) in [7, 11) is 1.76. The van der Waals surface area contributed by atoms with Crippen LogP contribution in [0.25, 0.3) is 0 Å². The van der Waals surface area contributed by atoms with Gasteiger partial charge in [-0.1, -0.05) is 0 Å². The third-order valence-corrected chi connectivity index (χ3v) is 3.19. The Morgan fingerprint density at radius 3 is 2.69 bits per heavy atom. The van der Waals surface area contributed by atoms with Crippen molar-refractivity contribution in [1.29, 1.82) is 0 Å². The van der Waals surface area contributed by atoms with Crippen molar-refractivity contribution in [1.82, 2.24) is 4.90 Å². The van der Waals surface area contributed by atoms with Crippen LogP contribution in [0.1, 0.15) is 29.6 Å². The molecule has 1 fully saturated rings. The molecule has 1 amide bonds. The van der Waals surface area contributed by atoms with Crippen molar-refractivity contribution in [2.45, 2.75) is 25.3 Å². The lowest BCUT2D eigenvalue weighted by Gasteiger charge is -2.34. The zero-order chi connectivity index (χ0) is 11.7. The lowest BCUT2D eigenvalue weighted by molar-refractivity contribution is 0.0651. The Hall–Kier alpha value is -1.58. The predicted molar refractivity (Wildman–Crippen MR) is 60.5 cm³/mol. The second-order valence-corrected chi connectivity index (χ2v) is 4.24. The van der Waals surface area contributed by atoms with E-state index in [1.165, 1.54) is 18.6 Å². The number of amides is 1. The molecule has 3 nitrogen and oxygen atoms in total. The van der Waals surface area contributed by atoms with Crippen LogP contribution in [0, 0.1) is 5.82 Å². The number of halogens is 1. The number of hydrogen-bond acceptors (Lipinski definition) is 2. The zero-order valence-corrected chi connectivity index (χ0v) is 9.24. The Bertz CT molecular complexity index is 415. The highest BCUT2D eigenvalue weighted by atomic mass is 19.1. The molecule has 0 radical (unpaired) electrons. The van der Waals surface area contributed by atoms with E-state index < -0.39 is 5.82 Å². The minimum Gasteiger partial charge on any atom is -0.396 e. The Labute approximate surface area is 94.0 Å². The molecule has 86 valence electrons. The summed E-state index contributed by atoms with van der Waals surface area (Å²) < 4.78 is 13.2. The number of nitrogens with two attached hydrogens (primary N) is 1. The van der Waals surface area contributed by atoms with Crippen molar-refractivity contribution in [2.24, 2.45) is 0 Å². The average molecular weight is 222 g/mol. The molecule has 0 saturated heterocycles. The number of carbonyl (C=O) groups is 1. The number of benzene rings is 1. The van der Waals surface area contributed by atoms with E-state index >= 15 is 0 Å². The maximum Gasteiger partial charge on any atom is 0.253 e. The fraction of sp³-hybridized carbons (Fsp3) is 0.417. The summed E-state index contributed by atoms with van der Waals surface area (Å²) in [5, 5.41) is 0. The number of hydrogen-bond donors (Lipinski definition) is 1. The Morgan fingerprint density at radius 2 is 2.19 bits per heavy atom. The molecule has 0 unspecified atom stereocenters. The van der Waals surface area contributed by atoms with Crippen molar-refractivity contribution < 1.29 is 9.18 Å². The minimum atomic E-state index is -0.534. The number of nitrogens with zero attached hydrogens (tertiary/aromatic N) is 1. The van der Waals surface area contributed by atoms with Crippen LogP contribution in [0.4, 0.5) is 10.1 Å². The van der Waals surface area contributed by atoms with E-state index in [9.17, 15) is 9.18 Å². The monoisotopic (exact) mass is 222 g/mol. The molecule has 16 heavy (non-hydrogen) atoms. The van der Waals surface area contributed by atoms with Crippen molar-refractivity contribution in [3.8, 4) is 0 Å². The molecule has 1 saturated carbocycles. The zero-order valence-electron chi connectivity index (χ0n) is 9.24. The smallest absolute Gasteiger partial charge is 0.253 e. The van der Waals surface area contributed by atoms with Crippen LogP contribution in [0.2, 0.25) is 0 Å². The fourth-order valence-electron chi connectivity index (χ4n) is 1.80. The molecule has 4 heteroatoms. The molecule has 0 aromatic heterocycles. The van der Waals surface area contributed by atoms with Crippen LogP contribution in [0.5, 0.6) is 0 Å². The standard InChI is InChI=1S/C12H15FN2O/c1-15(9-3-2-4-9)12(16)8-5-6-11(14)10(13)7-8/h5-7,9H,2-4,14H2,1H3. The van der Waals surface area contributed by atoms with Crippen LogP contribution in [-0.4, -0.2) is 23.9 Å². The molecule has 0 bridgehead atoms. The largest absolute Gasteiger partial charge is 0.396 e. The summed E-state index contributed by atoms with van der Waals surface area (Å²) in [6.07, 6.45) is 3.25. The highest BCUT2D eigenvalue weighted by Gasteiger charge is 2.26. The quantitative estimate of drug-likeness (QED) is 0.778. The number of carbonyl (C=O) groups excluding carboxylic acids is 1. The Balaban J connectivity index is 2.16. The topological polar surface area (TPSA) is 46.3 Å². The molecule has 1 aliphatic carbocycles. The summed E-state index contributed by atoms with van der Waals surface area (Å²) in [6, 6.07) is 4.51. The first-order chi connectivity index (χ1) is 7.59. The second kappa shape index (κ2) is 4.12. The number of nitrogen functional groups attached to an aromatic ring is 1. The molecule has 1 aliphatic rings. The summed E-state index contributed by atoms with van der Waals surface area (Å²) in [5.41, 5.74) is 5.80. The third kappa shape index (κ3) is 1.87. The summed E-state index contributed by atoms with van der Waals surface area (Å²) in [4.78, 5) is 13.6. The van der Waals surface area contributed by atoms with E-state index in [0.29, 0.717) is 11.6 Å². The van der Waals surface area contributed by atoms with E-state index in [2.05, 4.69) is 0 Å². The molecule has 0 atom stereocenters. The van der Waals surface area contributed by atoms with Gasteiger partial charge in [0.2, 0.25) is 0 Å². The van der Waals surface area contributed by atoms with Crippen molar-refractivity contribution in [2.75, 3.05) is 12.8 Å². The molecule has 1 aromatic rings. The summed E-state index contributed by atoms with van der Waals surface area (Å²) in [5.74, 6) is -0.670. The van der Waals surface area contributed by atoms with Gasteiger partial charge >= 0.3 is 0 Å². The lowest BCUT2D eigenvalue weighted by atomic mass is 9.91. The average Bonchev–Trinajstić information content (AvgIpc) is 2.18. The van der Waals surface area contributed by atoms with Gasteiger partial charge in [-0.2, -0.15) is 0 Å². The maximum atomic E-state index is 13.2. The van der Waals surface area contributed by atoms with E-state index in [4.69, 9.17) is 5.73 Å². The van der Waals surface area contributed by atoms with Gasteiger partial charge in [-0.15, -0.1) is 0 Å². The van der Waals surface area contributed by atoms with E-state index in [1.807, 2.05) is 0 Å². The van der Waals surface area contributed by atoms with Gasteiger partial charge in [0, 0.05) is 18.7 Å². The van der Waals surface area contributed by atoms with Crippen molar-refractivity contribution in [3.05, 3.63) is 29.6 Å². The van der Waals surface area contributed by atoms with Gasteiger partial charge in [0.05, 0.1) is 5.69 Å². The van der Waals surface area contributed by atoms with E-state index in [0.717, 1.165) is 12.8 Å². The highest BCUT2D eigenvalue weighted by molar-refractivity contribution is 5.94. The first-order valence-corrected chi connectivity index (χ1v) is 5.42. The van der Waals surface area contributed by atoms with Gasteiger partial charge in [-0.05, 0) is 37.5 Å². The van der Waals surface area contributed by atoms with Gasteiger partial charge in [0.25, 0.3) is 5.91 Å². The molecule has 0 spiro atoms. The third-order valence-electron chi connectivity index (χ3n) is 3.19. The van der Waals surface area contributed by atoms with Gasteiger partial charge in [0.1, 0.15) is 5.82 Å². The maximum absolute atomic E-state index is 13.2. The Kier molecular flexibility index (Phi) is 2.81. The summed E-state index contributed by atoms with van der Waals surface area (Å²) in [6.45, 7) is 0. The normalized spacial score (nSPS) is 15.6.